The van der Waals surface area contributed by atoms with Crippen LogP contribution in [0.1, 0.15) is 38.7 Å². The molecule has 1 aliphatic heterocycles. The molecule has 38 heavy (non-hydrogen) atoms. The highest BCUT2D eigenvalue weighted by Gasteiger charge is 2.48. The Morgan fingerprint density at radius 3 is 2.39 bits per heavy atom. The highest BCUT2D eigenvalue weighted by Crippen LogP contribution is 2.43. The first-order valence-electron chi connectivity index (χ1n) is 11.6. The maximum absolute atomic E-state index is 13.5. The Kier molecular flexibility index (Phi) is 5.87. The van der Waals surface area contributed by atoms with Gasteiger partial charge in [0.25, 0.3) is 5.78 Å². The first kappa shape index (κ1) is 24.6. The molecular weight excluding hydrogens is 490 g/mol. The number of hydrogen-bond acceptors (Lipinski definition) is 7. The highest BCUT2D eigenvalue weighted by atomic mass is 16.5. The van der Waals surface area contributed by atoms with Crippen molar-refractivity contribution in [1.29, 1.82) is 0 Å². The lowest BCUT2D eigenvalue weighted by Gasteiger charge is -2.23. The molecule has 0 bridgehead atoms. The molecular formula is C28H23N3O7. The molecule has 1 saturated heterocycles. The van der Waals surface area contributed by atoms with Crippen molar-refractivity contribution >= 4 is 40.4 Å². The van der Waals surface area contributed by atoms with E-state index in [1.807, 2.05) is 13.0 Å². The monoisotopic (exact) mass is 513 g/mol. The van der Waals surface area contributed by atoms with Gasteiger partial charge in [-0.1, -0.05) is 18.2 Å². The molecule has 0 spiro atoms. The van der Waals surface area contributed by atoms with Crippen molar-refractivity contribution in [2.24, 2.45) is 0 Å². The third kappa shape index (κ3) is 3.92. The molecule has 0 aliphatic carbocycles. The fraction of sp³-hybridized carbons (Fsp3) is 0.143. The Morgan fingerprint density at radius 2 is 1.74 bits per heavy atom. The zero-order valence-electron chi connectivity index (χ0n) is 20.6. The van der Waals surface area contributed by atoms with Gasteiger partial charge in [0.1, 0.15) is 17.3 Å². The number of carboxylic acids is 1. The number of carbonyl (C=O) groups is 3. The average molecular weight is 514 g/mol. The number of nitrogens with one attached hydrogen (secondary N) is 1. The standard InChI is InChI=1S/C28H23N3O7/c1-13-10-14(2)25(38-3)18(11-13)23(33)21-22(15-4-7-17(32)8-5-15)31(26(35)24(21)34)28-29-19-9-6-16(27(36)37)12-20(19)30-28/h4-12,22,32-33H,1-3H3,(H,29,30)(H,36,37)/b23-21+. The Morgan fingerprint density at radius 1 is 1.03 bits per heavy atom. The van der Waals surface area contributed by atoms with Crippen LogP contribution < -0.4 is 9.64 Å². The summed E-state index contributed by atoms with van der Waals surface area (Å²) in [6, 6.07) is 12.6. The summed E-state index contributed by atoms with van der Waals surface area (Å²) in [5, 5.41) is 30.7. The molecule has 1 aromatic heterocycles. The maximum atomic E-state index is 13.5. The number of amides is 1. The fourth-order valence-electron chi connectivity index (χ4n) is 4.81. The number of H-pyrrole nitrogens is 1. The molecule has 0 saturated carbocycles. The van der Waals surface area contributed by atoms with Crippen LogP contribution in [0.25, 0.3) is 16.8 Å². The number of methoxy groups -OCH3 is 1. The summed E-state index contributed by atoms with van der Waals surface area (Å²) in [4.78, 5) is 46.8. The third-order valence-electron chi connectivity index (χ3n) is 6.48. The predicted octanol–water partition coefficient (Wildman–Crippen LogP) is 4.22. The number of ketones is 1. The topological polar surface area (TPSA) is 153 Å². The summed E-state index contributed by atoms with van der Waals surface area (Å²) in [5.41, 5.74) is 2.79. The number of anilines is 1. The van der Waals surface area contributed by atoms with Gasteiger partial charge in [0, 0.05) is 0 Å². The van der Waals surface area contributed by atoms with Crippen LogP contribution in [0.5, 0.6) is 11.5 Å². The number of nitrogens with zero attached hydrogens (tertiary/aromatic N) is 2. The SMILES string of the molecule is COc1c(C)cc(C)cc1/C(O)=C1\C(=O)C(=O)N(c2nc3ccc(C(=O)O)cc3[nH]2)C1c1ccc(O)cc1. The molecule has 0 radical (unpaired) electrons. The van der Waals surface area contributed by atoms with E-state index in [9.17, 15) is 29.7 Å². The maximum Gasteiger partial charge on any atom is 0.335 e. The van der Waals surface area contributed by atoms with Gasteiger partial charge in [0.2, 0.25) is 5.95 Å². The first-order valence-corrected chi connectivity index (χ1v) is 11.6. The van der Waals surface area contributed by atoms with E-state index in [2.05, 4.69) is 9.97 Å². The van der Waals surface area contributed by atoms with Crippen LogP contribution in [0.4, 0.5) is 5.95 Å². The van der Waals surface area contributed by atoms with E-state index < -0.39 is 29.5 Å². The number of fused-ring (bicyclic) bond motifs is 1. The second-order valence-corrected chi connectivity index (χ2v) is 9.02. The molecule has 1 amide bonds. The Balaban J connectivity index is 1.76. The van der Waals surface area contributed by atoms with Crippen LogP contribution in [-0.2, 0) is 9.59 Å². The van der Waals surface area contributed by atoms with E-state index in [-0.39, 0.29) is 28.4 Å². The normalized spacial score (nSPS) is 16.8. The lowest BCUT2D eigenvalue weighted by molar-refractivity contribution is -0.132. The first-order chi connectivity index (χ1) is 18.1. The van der Waals surface area contributed by atoms with Gasteiger partial charge >= 0.3 is 11.9 Å². The van der Waals surface area contributed by atoms with Crippen molar-refractivity contribution < 1.29 is 34.4 Å². The van der Waals surface area contributed by atoms with Crippen molar-refractivity contribution in [3.8, 4) is 11.5 Å². The van der Waals surface area contributed by atoms with Crippen molar-refractivity contribution in [3.05, 3.63) is 88.0 Å². The van der Waals surface area contributed by atoms with Crippen molar-refractivity contribution in [3.63, 3.8) is 0 Å². The summed E-state index contributed by atoms with van der Waals surface area (Å²) in [6.07, 6.45) is 0. The number of aromatic amines is 1. The number of aromatic nitrogens is 2. The summed E-state index contributed by atoms with van der Waals surface area (Å²) in [6.45, 7) is 3.64. The van der Waals surface area contributed by atoms with Gasteiger partial charge in [-0.2, -0.15) is 0 Å². The number of hydrogen-bond donors (Lipinski definition) is 4. The molecule has 4 aromatic rings. The van der Waals surface area contributed by atoms with Crippen LogP contribution in [0.3, 0.4) is 0 Å². The van der Waals surface area contributed by atoms with E-state index in [4.69, 9.17) is 4.74 Å². The molecule has 5 rings (SSSR count). The number of carboxylic acid groups (broad SMARTS) is 1. The number of aromatic carboxylic acids is 1. The second kappa shape index (κ2) is 9.07. The smallest absolute Gasteiger partial charge is 0.335 e. The number of aliphatic hydroxyl groups is 1. The number of phenols is 1. The number of benzene rings is 3. The minimum absolute atomic E-state index is 0.00542. The highest BCUT2D eigenvalue weighted by molar-refractivity contribution is 6.51. The predicted molar refractivity (Wildman–Crippen MR) is 138 cm³/mol. The van der Waals surface area contributed by atoms with Gasteiger partial charge in [-0.25, -0.2) is 9.78 Å². The van der Waals surface area contributed by atoms with E-state index in [0.717, 1.165) is 16.0 Å². The molecule has 10 nitrogen and oxygen atoms in total. The number of phenolic OH excluding ortho intramolecular Hbond substituents is 1. The summed E-state index contributed by atoms with van der Waals surface area (Å²) in [7, 11) is 1.45. The van der Waals surface area contributed by atoms with Crippen molar-refractivity contribution in [1.82, 2.24) is 9.97 Å². The van der Waals surface area contributed by atoms with E-state index in [1.165, 1.54) is 49.6 Å². The number of rotatable bonds is 5. The minimum Gasteiger partial charge on any atom is -0.508 e. The molecule has 3 aromatic carbocycles. The van der Waals surface area contributed by atoms with E-state index >= 15 is 0 Å². The quantitative estimate of drug-likeness (QED) is 0.176. The average Bonchev–Trinajstić information content (AvgIpc) is 3.41. The lowest BCUT2D eigenvalue weighted by Crippen LogP contribution is -2.30. The zero-order valence-corrected chi connectivity index (χ0v) is 20.6. The minimum atomic E-state index is -1.13. The second-order valence-electron chi connectivity index (χ2n) is 9.02. The van der Waals surface area contributed by atoms with Crippen LogP contribution in [0.15, 0.2) is 60.2 Å². The summed E-state index contributed by atoms with van der Waals surface area (Å²) in [5.74, 6) is -3.10. The third-order valence-corrected chi connectivity index (χ3v) is 6.48. The van der Waals surface area contributed by atoms with Crippen LogP contribution in [0.2, 0.25) is 0 Å². The Labute approximate surface area is 216 Å². The van der Waals surface area contributed by atoms with Gasteiger partial charge < -0.3 is 25.0 Å². The number of aryl methyl sites for hydroxylation is 2. The van der Waals surface area contributed by atoms with E-state index in [0.29, 0.717) is 22.3 Å². The van der Waals surface area contributed by atoms with Crippen LogP contribution >= 0.6 is 0 Å². The molecule has 10 heteroatoms. The van der Waals surface area contributed by atoms with Gasteiger partial charge in [-0.05, 0) is 66.9 Å². The summed E-state index contributed by atoms with van der Waals surface area (Å²) >= 11 is 0. The Bertz CT molecular complexity index is 1670. The van der Waals surface area contributed by atoms with Crippen molar-refractivity contribution in [2.45, 2.75) is 19.9 Å². The Hall–Kier alpha value is -5.12. The number of aromatic hydroxyl groups is 1. The molecule has 1 aliphatic rings. The van der Waals surface area contributed by atoms with Crippen LogP contribution in [0, 0.1) is 13.8 Å². The van der Waals surface area contributed by atoms with Gasteiger partial charge in [0.05, 0.1) is 40.9 Å². The molecule has 192 valence electrons. The molecule has 1 unspecified atom stereocenters. The zero-order chi connectivity index (χ0) is 27.3. The fourth-order valence-corrected chi connectivity index (χ4v) is 4.81. The molecule has 4 N–H and O–H groups in total. The lowest BCUT2D eigenvalue weighted by atomic mass is 9.93. The van der Waals surface area contributed by atoms with Gasteiger partial charge in [-0.15, -0.1) is 0 Å². The molecule has 1 fully saturated rings. The number of imidazole rings is 1. The summed E-state index contributed by atoms with van der Waals surface area (Å²) < 4.78 is 5.51. The van der Waals surface area contributed by atoms with Crippen LogP contribution in [-0.4, -0.2) is 50.1 Å². The van der Waals surface area contributed by atoms with E-state index in [1.54, 1.807) is 13.0 Å². The van der Waals surface area contributed by atoms with Gasteiger partial charge in [0.15, 0.2) is 0 Å². The number of aliphatic hydroxyl groups excluding tert-OH is 1. The number of Topliss-reactive ketones (excluding diaryl/α,β-unsaturated/α-hetero) is 1. The molecule has 1 atom stereocenters. The largest absolute Gasteiger partial charge is 0.508 e. The van der Waals surface area contributed by atoms with Crippen molar-refractivity contribution in [2.75, 3.05) is 12.0 Å². The van der Waals surface area contributed by atoms with Gasteiger partial charge in [-0.3, -0.25) is 14.5 Å². The number of carbonyl (C=O) groups excluding carboxylic acids is 2. The number of ether oxygens (including phenoxy) is 1. The molecule has 2 heterocycles.